The summed E-state index contributed by atoms with van der Waals surface area (Å²) >= 11 is 0. The molecule has 0 aliphatic rings. The number of nitrogens with one attached hydrogen (secondary N) is 2. The van der Waals surface area contributed by atoms with Crippen molar-refractivity contribution in [2.45, 2.75) is 32.7 Å². The average Bonchev–Trinajstić information content (AvgIpc) is 2.26. The topological polar surface area (TPSA) is 136 Å². The molecule has 0 saturated carbocycles. The van der Waals surface area contributed by atoms with Gasteiger partial charge in [-0.05, 0) is 20.8 Å². The van der Waals surface area contributed by atoms with E-state index in [2.05, 4.69) is 20.6 Å². The maximum Gasteiger partial charge on any atom is 0.353 e. The van der Waals surface area contributed by atoms with E-state index >= 15 is 0 Å². The summed E-state index contributed by atoms with van der Waals surface area (Å²) in [5, 5.41) is 16.8. The Balaban J connectivity index is 3.14. The molecule has 1 amide bonds. The van der Waals surface area contributed by atoms with Gasteiger partial charge >= 0.3 is 5.69 Å². The van der Waals surface area contributed by atoms with Gasteiger partial charge in [-0.2, -0.15) is 0 Å². The highest BCUT2D eigenvalue weighted by atomic mass is 16.6. The third-order valence-corrected chi connectivity index (χ3v) is 2.42. The highest BCUT2D eigenvalue weighted by Crippen LogP contribution is 2.31. The Kier molecular flexibility index (Phi) is 4.78. The molecule has 0 fully saturated rings. The minimum Gasteiger partial charge on any atom is -0.370 e. The van der Waals surface area contributed by atoms with Gasteiger partial charge in [0.15, 0.2) is 0 Å². The standard InChI is InChI=1S/C11H18N6O3/c1-4-13-9-8(17(19)20)10(15-6-14-9)16-11(2,3)5-7(12)18/h6H,4-5H2,1-3H3,(H2,12,18)(H2,13,14,15,16). The summed E-state index contributed by atoms with van der Waals surface area (Å²) in [7, 11) is 0. The summed E-state index contributed by atoms with van der Waals surface area (Å²) < 4.78 is 0. The minimum atomic E-state index is -0.756. The summed E-state index contributed by atoms with van der Waals surface area (Å²) in [5.74, 6) is -0.330. The quantitative estimate of drug-likeness (QED) is 0.498. The Morgan fingerprint density at radius 3 is 2.55 bits per heavy atom. The van der Waals surface area contributed by atoms with E-state index < -0.39 is 16.4 Å². The SMILES string of the molecule is CCNc1ncnc(NC(C)(C)CC(N)=O)c1[N+](=O)[O-]. The number of nitrogens with zero attached hydrogens (tertiary/aromatic N) is 3. The summed E-state index contributed by atoms with van der Waals surface area (Å²) in [5.41, 5.74) is 4.14. The van der Waals surface area contributed by atoms with Gasteiger partial charge in [-0.3, -0.25) is 14.9 Å². The fraction of sp³-hybridized carbons (Fsp3) is 0.545. The summed E-state index contributed by atoms with van der Waals surface area (Å²) in [6, 6.07) is 0. The number of hydrogen-bond acceptors (Lipinski definition) is 7. The van der Waals surface area contributed by atoms with E-state index in [4.69, 9.17) is 5.73 Å². The number of nitro groups is 1. The number of aromatic nitrogens is 2. The molecular weight excluding hydrogens is 264 g/mol. The molecule has 1 aromatic rings. The molecule has 0 spiro atoms. The van der Waals surface area contributed by atoms with Gasteiger partial charge in [0.05, 0.1) is 4.92 Å². The first-order valence-corrected chi connectivity index (χ1v) is 6.06. The smallest absolute Gasteiger partial charge is 0.353 e. The van der Waals surface area contributed by atoms with Crippen LogP contribution < -0.4 is 16.4 Å². The number of nitrogens with two attached hydrogens (primary N) is 1. The molecule has 1 rings (SSSR count). The van der Waals surface area contributed by atoms with Gasteiger partial charge in [0.1, 0.15) is 6.33 Å². The van der Waals surface area contributed by atoms with E-state index in [0.717, 1.165) is 0 Å². The van der Waals surface area contributed by atoms with Crippen molar-refractivity contribution >= 4 is 23.2 Å². The van der Waals surface area contributed by atoms with Crippen molar-refractivity contribution in [3.63, 3.8) is 0 Å². The van der Waals surface area contributed by atoms with Gasteiger partial charge < -0.3 is 16.4 Å². The van der Waals surface area contributed by atoms with E-state index in [1.807, 2.05) is 0 Å². The van der Waals surface area contributed by atoms with Crippen LogP contribution in [0.1, 0.15) is 27.2 Å². The molecule has 4 N–H and O–H groups in total. The number of hydrogen-bond donors (Lipinski definition) is 3. The molecule has 0 aromatic carbocycles. The van der Waals surface area contributed by atoms with Crippen LogP contribution in [-0.2, 0) is 4.79 Å². The molecule has 9 heteroatoms. The van der Waals surface area contributed by atoms with E-state index in [-0.39, 0.29) is 23.7 Å². The largest absolute Gasteiger partial charge is 0.370 e. The van der Waals surface area contributed by atoms with Crippen molar-refractivity contribution < 1.29 is 9.72 Å². The van der Waals surface area contributed by atoms with Crippen LogP contribution in [0.5, 0.6) is 0 Å². The van der Waals surface area contributed by atoms with Crippen molar-refractivity contribution in [1.82, 2.24) is 9.97 Å². The van der Waals surface area contributed by atoms with Gasteiger partial charge in [-0.15, -0.1) is 0 Å². The zero-order valence-electron chi connectivity index (χ0n) is 11.6. The van der Waals surface area contributed by atoms with Crippen molar-refractivity contribution in [2.75, 3.05) is 17.2 Å². The maximum atomic E-state index is 11.2. The Bertz CT molecular complexity index is 517. The molecular formula is C11H18N6O3. The fourth-order valence-electron chi connectivity index (χ4n) is 1.74. The van der Waals surface area contributed by atoms with Gasteiger partial charge in [0.25, 0.3) is 0 Å². The van der Waals surface area contributed by atoms with Gasteiger partial charge in [-0.25, -0.2) is 9.97 Å². The molecule has 0 saturated heterocycles. The lowest BCUT2D eigenvalue weighted by molar-refractivity contribution is -0.383. The first-order valence-electron chi connectivity index (χ1n) is 6.06. The zero-order chi connectivity index (χ0) is 15.3. The first kappa shape index (κ1) is 15.6. The molecule has 0 bridgehead atoms. The molecule has 1 heterocycles. The third-order valence-electron chi connectivity index (χ3n) is 2.42. The van der Waals surface area contributed by atoms with Crippen LogP contribution in [0.25, 0.3) is 0 Å². The predicted octanol–water partition coefficient (Wildman–Crippen LogP) is 0.882. The van der Waals surface area contributed by atoms with Crippen molar-refractivity contribution in [2.24, 2.45) is 5.73 Å². The monoisotopic (exact) mass is 282 g/mol. The minimum absolute atomic E-state index is 0.0185. The number of carbonyl (C=O) groups excluding carboxylic acids is 1. The molecule has 20 heavy (non-hydrogen) atoms. The lowest BCUT2D eigenvalue weighted by atomic mass is 10.0. The summed E-state index contributed by atoms with van der Waals surface area (Å²) in [6.45, 7) is 5.70. The van der Waals surface area contributed by atoms with Crippen molar-refractivity contribution in [1.29, 1.82) is 0 Å². The second kappa shape index (κ2) is 6.13. The molecule has 0 aliphatic heterocycles. The van der Waals surface area contributed by atoms with Crippen LogP contribution in [0, 0.1) is 10.1 Å². The van der Waals surface area contributed by atoms with E-state index in [1.54, 1.807) is 20.8 Å². The van der Waals surface area contributed by atoms with Crippen LogP contribution in [-0.4, -0.2) is 32.9 Å². The Labute approximate surface area is 116 Å². The van der Waals surface area contributed by atoms with Crippen LogP contribution in [0.4, 0.5) is 17.3 Å². The first-order chi connectivity index (χ1) is 9.26. The molecule has 0 unspecified atom stereocenters. The lowest BCUT2D eigenvalue weighted by Gasteiger charge is -2.25. The third kappa shape index (κ3) is 4.04. The van der Waals surface area contributed by atoms with Gasteiger partial charge in [-0.1, -0.05) is 0 Å². The molecule has 0 radical (unpaired) electrons. The van der Waals surface area contributed by atoms with Crippen LogP contribution in [0.2, 0.25) is 0 Å². The summed E-state index contributed by atoms with van der Waals surface area (Å²) in [6.07, 6.45) is 1.23. The maximum absolute atomic E-state index is 11.2. The fourth-order valence-corrected chi connectivity index (χ4v) is 1.74. The predicted molar refractivity (Wildman–Crippen MR) is 74.4 cm³/mol. The number of carbonyl (C=O) groups is 1. The number of anilines is 2. The van der Waals surface area contributed by atoms with E-state index in [0.29, 0.717) is 6.54 Å². The van der Waals surface area contributed by atoms with Crippen LogP contribution in [0.15, 0.2) is 6.33 Å². The molecule has 1 aromatic heterocycles. The highest BCUT2D eigenvalue weighted by molar-refractivity contribution is 5.76. The van der Waals surface area contributed by atoms with Crippen LogP contribution in [0.3, 0.4) is 0 Å². The van der Waals surface area contributed by atoms with Crippen molar-refractivity contribution in [3.8, 4) is 0 Å². The highest BCUT2D eigenvalue weighted by Gasteiger charge is 2.28. The average molecular weight is 282 g/mol. The second-order valence-corrected chi connectivity index (χ2v) is 4.86. The lowest BCUT2D eigenvalue weighted by Crippen LogP contribution is -2.36. The normalized spacial score (nSPS) is 10.9. The zero-order valence-corrected chi connectivity index (χ0v) is 11.6. The molecule has 0 aliphatic carbocycles. The van der Waals surface area contributed by atoms with Gasteiger partial charge in [0.2, 0.25) is 17.5 Å². The number of amides is 1. The van der Waals surface area contributed by atoms with Crippen molar-refractivity contribution in [3.05, 3.63) is 16.4 Å². The molecule has 110 valence electrons. The summed E-state index contributed by atoms with van der Waals surface area (Å²) in [4.78, 5) is 29.3. The Hall–Kier alpha value is -2.45. The van der Waals surface area contributed by atoms with Gasteiger partial charge in [0, 0.05) is 18.5 Å². The molecule has 0 atom stereocenters. The Morgan fingerprint density at radius 2 is 2.05 bits per heavy atom. The van der Waals surface area contributed by atoms with E-state index in [1.165, 1.54) is 6.33 Å². The molecule has 9 nitrogen and oxygen atoms in total. The number of primary amides is 1. The van der Waals surface area contributed by atoms with E-state index in [9.17, 15) is 14.9 Å². The number of rotatable bonds is 7. The van der Waals surface area contributed by atoms with Crippen LogP contribution >= 0.6 is 0 Å². The second-order valence-electron chi connectivity index (χ2n) is 4.86. The Morgan fingerprint density at radius 1 is 1.45 bits per heavy atom.